The Morgan fingerprint density at radius 3 is 2.68 bits per heavy atom. The molecule has 0 aromatic heterocycles. The topological polar surface area (TPSA) is 71.3 Å². The molecule has 1 unspecified atom stereocenters. The van der Waals surface area contributed by atoms with Gasteiger partial charge >= 0.3 is 0 Å². The molecule has 0 heterocycles. The number of hydrogen-bond donors (Lipinski definition) is 1. The van der Waals surface area contributed by atoms with Crippen LogP contribution in [0.5, 0.6) is 5.75 Å². The van der Waals surface area contributed by atoms with Crippen molar-refractivity contribution in [3.63, 3.8) is 0 Å². The fraction of sp³-hybridized carbons (Fsp3) is 0.529. The van der Waals surface area contributed by atoms with Gasteiger partial charge in [0.05, 0.1) is 17.9 Å². The van der Waals surface area contributed by atoms with Crippen molar-refractivity contribution in [3.05, 3.63) is 23.8 Å². The smallest absolute Gasteiger partial charge is 0.256 e. The van der Waals surface area contributed by atoms with Crippen LogP contribution in [-0.4, -0.2) is 25.2 Å². The van der Waals surface area contributed by atoms with E-state index in [-0.39, 0.29) is 5.91 Å². The van der Waals surface area contributed by atoms with Crippen LogP contribution in [0.3, 0.4) is 0 Å². The van der Waals surface area contributed by atoms with Crippen molar-refractivity contribution in [2.24, 2.45) is 0 Å². The lowest BCUT2D eigenvalue weighted by Gasteiger charge is -2.25. The highest BCUT2D eigenvalue weighted by Crippen LogP contribution is 2.24. The standard InChI is InChI=1S/C17H24N2O3/c1-5-7-10-22-14-8-9-15(13(11-14)12-18)19-16(20)17(3,6-2)21-4/h8-9,11H,5-7,10H2,1-4H3,(H,19,20). The van der Waals surface area contributed by atoms with Gasteiger partial charge in [-0.05, 0) is 38.0 Å². The number of unbranched alkanes of at least 4 members (excludes halogenated alkanes) is 1. The van der Waals surface area contributed by atoms with Crippen molar-refractivity contribution >= 4 is 11.6 Å². The molecule has 0 bridgehead atoms. The van der Waals surface area contributed by atoms with E-state index in [1.54, 1.807) is 25.1 Å². The molecule has 1 aromatic rings. The normalized spacial score (nSPS) is 13.0. The van der Waals surface area contributed by atoms with E-state index in [9.17, 15) is 10.1 Å². The fourth-order valence-electron chi connectivity index (χ4n) is 1.80. The molecule has 5 heteroatoms. The van der Waals surface area contributed by atoms with Crippen LogP contribution >= 0.6 is 0 Å². The van der Waals surface area contributed by atoms with Gasteiger partial charge in [0.15, 0.2) is 0 Å². The number of ether oxygens (including phenoxy) is 2. The van der Waals surface area contributed by atoms with Crippen molar-refractivity contribution in [1.82, 2.24) is 0 Å². The minimum Gasteiger partial charge on any atom is -0.494 e. The van der Waals surface area contributed by atoms with Crippen LogP contribution in [0.25, 0.3) is 0 Å². The van der Waals surface area contributed by atoms with Crippen LogP contribution < -0.4 is 10.1 Å². The van der Waals surface area contributed by atoms with Gasteiger partial charge < -0.3 is 14.8 Å². The Hall–Kier alpha value is -2.06. The zero-order valence-electron chi connectivity index (χ0n) is 13.7. The van der Waals surface area contributed by atoms with E-state index in [1.165, 1.54) is 7.11 Å². The highest BCUT2D eigenvalue weighted by molar-refractivity contribution is 5.98. The molecule has 0 aliphatic heterocycles. The molecule has 0 saturated heterocycles. The van der Waals surface area contributed by atoms with Gasteiger partial charge in [-0.15, -0.1) is 0 Å². The summed E-state index contributed by atoms with van der Waals surface area (Å²) in [4.78, 5) is 12.3. The first-order chi connectivity index (χ1) is 10.5. The van der Waals surface area contributed by atoms with Gasteiger partial charge in [-0.1, -0.05) is 20.3 Å². The molecule has 22 heavy (non-hydrogen) atoms. The molecule has 1 N–H and O–H groups in total. The lowest BCUT2D eigenvalue weighted by molar-refractivity contribution is -0.136. The first kappa shape index (κ1) is 18.0. The molecular weight excluding hydrogens is 280 g/mol. The number of hydrogen-bond acceptors (Lipinski definition) is 4. The third kappa shape index (κ3) is 4.47. The molecule has 0 radical (unpaired) electrons. The molecule has 0 aliphatic rings. The maximum Gasteiger partial charge on any atom is 0.256 e. The molecule has 0 saturated carbocycles. The number of nitrogens with zero attached hydrogens (tertiary/aromatic N) is 1. The van der Waals surface area contributed by atoms with Crippen molar-refractivity contribution in [1.29, 1.82) is 5.26 Å². The van der Waals surface area contributed by atoms with Gasteiger partial charge in [-0.25, -0.2) is 0 Å². The predicted octanol–water partition coefficient (Wildman–Crippen LogP) is 3.49. The number of amides is 1. The highest BCUT2D eigenvalue weighted by atomic mass is 16.5. The van der Waals surface area contributed by atoms with E-state index < -0.39 is 5.60 Å². The van der Waals surface area contributed by atoms with E-state index >= 15 is 0 Å². The quantitative estimate of drug-likeness (QED) is 0.746. The van der Waals surface area contributed by atoms with Crippen LogP contribution in [0, 0.1) is 11.3 Å². The molecule has 5 nitrogen and oxygen atoms in total. The lowest BCUT2D eigenvalue weighted by atomic mass is 10.0. The van der Waals surface area contributed by atoms with E-state index in [0.29, 0.717) is 30.0 Å². The maximum absolute atomic E-state index is 12.3. The number of benzene rings is 1. The number of carbonyl (C=O) groups is 1. The van der Waals surface area contributed by atoms with E-state index in [1.807, 2.05) is 6.92 Å². The number of nitrogens with one attached hydrogen (secondary N) is 1. The molecule has 120 valence electrons. The Morgan fingerprint density at radius 2 is 2.14 bits per heavy atom. The highest BCUT2D eigenvalue weighted by Gasteiger charge is 2.31. The molecule has 1 atom stereocenters. The summed E-state index contributed by atoms with van der Waals surface area (Å²) in [6.45, 7) is 6.30. The average molecular weight is 304 g/mol. The van der Waals surface area contributed by atoms with Crippen molar-refractivity contribution in [2.45, 2.75) is 45.6 Å². The van der Waals surface area contributed by atoms with E-state index in [0.717, 1.165) is 12.8 Å². The second kappa shape index (κ2) is 8.40. The average Bonchev–Trinajstić information content (AvgIpc) is 2.55. The molecular formula is C17H24N2O3. The van der Waals surface area contributed by atoms with Crippen LogP contribution in [0.1, 0.15) is 45.6 Å². The summed E-state index contributed by atoms with van der Waals surface area (Å²) in [5, 5.41) is 12.0. The Labute approximate surface area is 132 Å². The first-order valence-electron chi connectivity index (χ1n) is 7.54. The molecule has 1 rings (SSSR count). The Balaban J connectivity index is 2.88. The van der Waals surface area contributed by atoms with Gasteiger partial charge in [0.2, 0.25) is 0 Å². The zero-order valence-corrected chi connectivity index (χ0v) is 13.7. The zero-order chi connectivity index (χ0) is 16.6. The van der Waals surface area contributed by atoms with E-state index in [4.69, 9.17) is 9.47 Å². The minimum atomic E-state index is -0.914. The van der Waals surface area contributed by atoms with Gasteiger partial charge in [0.25, 0.3) is 5.91 Å². The SMILES string of the molecule is CCCCOc1ccc(NC(=O)C(C)(CC)OC)c(C#N)c1. The molecule has 0 fully saturated rings. The van der Waals surface area contributed by atoms with Gasteiger partial charge in [-0.3, -0.25) is 4.79 Å². The van der Waals surface area contributed by atoms with Crippen LogP contribution in [0.4, 0.5) is 5.69 Å². The number of anilines is 1. The molecule has 1 aromatic carbocycles. The van der Waals surface area contributed by atoms with Crippen LogP contribution in [-0.2, 0) is 9.53 Å². The number of rotatable bonds is 8. The van der Waals surface area contributed by atoms with Crippen LogP contribution in [0.2, 0.25) is 0 Å². The number of methoxy groups -OCH3 is 1. The van der Waals surface area contributed by atoms with Gasteiger partial charge in [0, 0.05) is 7.11 Å². The molecule has 0 spiro atoms. The summed E-state index contributed by atoms with van der Waals surface area (Å²) in [5.41, 5.74) is -0.0767. The molecule has 0 aliphatic carbocycles. The summed E-state index contributed by atoms with van der Waals surface area (Å²) in [5.74, 6) is 0.363. The van der Waals surface area contributed by atoms with Gasteiger partial charge in [-0.2, -0.15) is 5.26 Å². The predicted molar refractivity (Wildman–Crippen MR) is 85.9 cm³/mol. The Morgan fingerprint density at radius 1 is 1.41 bits per heavy atom. The summed E-state index contributed by atoms with van der Waals surface area (Å²) in [6.07, 6.45) is 2.55. The fourth-order valence-corrected chi connectivity index (χ4v) is 1.80. The van der Waals surface area contributed by atoms with Crippen molar-refractivity contribution < 1.29 is 14.3 Å². The molecule has 1 amide bonds. The van der Waals surface area contributed by atoms with Crippen molar-refractivity contribution in [3.8, 4) is 11.8 Å². The van der Waals surface area contributed by atoms with Gasteiger partial charge in [0.1, 0.15) is 17.4 Å². The number of carbonyl (C=O) groups excluding carboxylic acids is 1. The van der Waals surface area contributed by atoms with Crippen LogP contribution in [0.15, 0.2) is 18.2 Å². The Kier molecular flexibility index (Phi) is 6.87. The largest absolute Gasteiger partial charge is 0.494 e. The summed E-state index contributed by atoms with van der Waals surface area (Å²) in [7, 11) is 1.50. The summed E-state index contributed by atoms with van der Waals surface area (Å²) in [6, 6.07) is 7.16. The maximum atomic E-state index is 12.3. The summed E-state index contributed by atoms with van der Waals surface area (Å²) < 4.78 is 10.8. The second-order valence-corrected chi connectivity index (χ2v) is 5.26. The minimum absolute atomic E-state index is 0.270. The van der Waals surface area contributed by atoms with Crippen molar-refractivity contribution in [2.75, 3.05) is 19.0 Å². The Bertz CT molecular complexity index is 545. The van der Waals surface area contributed by atoms with E-state index in [2.05, 4.69) is 18.3 Å². The third-order valence-electron chi connectivity index (χ3n) is 3.73. The first-order valence-corrected chi connectivity index (χ1v) is 7.54. The summed E-state index contributed by atoms with van der Waals surface area (Å²) >= 11 is 0. The number of nitriles is 1. The monoisotopic (exact) mass is 304 g/mol. The third-order valence-corrected chi connectivity index (χ3v) is 3.73. The second-order valence-electron chi connectivity index (χ2n) is 5.26. The lowest BCUT2D eigenvalue weighted by Crippen LogP contribution is -2.41.